The number of amides is 2. The number of carbonyl (C=O) groups is 2. The van der Waals surface area contributed by atoms with E-state index in [4.69, 9.17) is 10.7 Å². The Bertz CT molecular complexity index is 1220. The molecule has 4 bridgehead atoms. The molecule has 2 heterocycles. The molecule has 5 aliphatic rings. The monoisotopic (exact) mass is 507 g/mol. The summed E-state index contributed by atoms with van der Waals surface area (Å²) in [6, 6.07) is 10.2. The summed E-state index contributed by atoms with van der Waals surface area (Å²) in [6.45, 7) is 4.02. The molecule has 1 aliphatic heterocycles. The van der Waals surface area contributed by atoms with Crippen molar-refractivity contribution in [1.82, 2.24) is 10.3 Å². The number of hydrogen-bond donors (Lipinski definition) is 3. The summed E-state index contributed by atoms with van der Waals surface area (Å²) in [5, 5.41) is 14.1. The Morgan fingerprint density at radius 1 is 1.14 bits per heavy atom. The maximum absolute atomic E-state index is 14.3. The van der Waals surface area contributed by atoms with Gasteiger partial charge in [-0.05, 0) is 87.1 Å². The number of nitrogens with two attached hydrogens (primary N) is 1. The van der Waals surface area contributed by atoms with Crippen LogP contribution in [0.2, 0.25) is 0 Å². The zero-order chi connectivity index (χ0) is 25.9. The van der Waals surface area contributed by atoms with Crippen LogP contribution in [0, 0.1) is 23.6 Å². The molecule has 9 heteroatoms. The van der Waals surface area contributed by atoms with Gasteiger partial charge >= 0.3 is 0 Å². The van der Waals surface area contributed by atoms with E-state index in [-0.39, 0.29) is 23.6 Å². The van der Waals surface area contributed by atoms with Crippen molar-refractivity contribution in [3.8, 4) is 0 Å². The molecule has 4 saturated carbocycles. The predicted octanol–water partition coefficient (Wildman–Crippen LogP) is 2.70. The van der Waals surface area contributed by atoms with E-state index < -0.39 is 17.3 Å². The minimum absolute atomic E-state index is 0.0728. The molecule has 0 radical (unpaired) electrons. The number of primary amides is 1. The van der Waals surface area contributed by atoms with Gasteiger partial charge in [0.1, 0.15) is 17.3 Å². The van der Waals surface area contributed by atoms with Gasteiger partial charge in [0.05, 0.1) is 11.2 Å². The summed E-state index contributed by atoms with van der Waals surface area (Å²) in [5.41, 5.74) is 5.70. The normalized spacial score (nSPS) is 32.5. The number of aromatic nitrogens is 1. The summed E-state index contributed by atoms with van der Waals surface area (Å²) in [4.78, 5) is 33.6. The van der Waals surface area contributed by atoms with Crippen molar-refractivity contribution in [1.29, 1.82) is 0 Å². The van der Waals surface area contributed by atoms with Gasteiger partial charge < -0.3 is 26.0 Å². The van der Waals surface area contributed by atoms with E-state index in [0.717, 1.165) is 37.9 Å². The first kappa shape index (κ1) is 24.2. The summed E-state index contributed by atoms with van der Waals surface area (Å²) in [5.74, 6) is 0.482. The molecular weight excluding hydrogens is 473 g/mol. The number of aliphatic hydroxyl groups is 1. The Morgan fingerprint density at radius 2 is 1.89 bits per heavy atom. The largest absolute Gasteiger partial charge is 0.390 e. The van der Waals surface area contributed by atoms with Gasteiger partial charge in [-0.25, -0.2) is 9.37 Å². The lowest BCUT2D eigenvalue weighted by Gasteiger charge is -2.58. The third-order valence-corrected chi connectivity index (χ3v) is 9.01. The van der Waals surface area contributed by atoms with Crippen LogP contribution in [0.1, 0.15) is 59.9 Å². The van der Waals surface area contributed by atoms with Crippen molar-refractivity contribution < 1.29 is 19.1 Å². The van der Waals surface area contributed by atoms with Crippen LogP contribution in [-0.4, -0.2) is 59.2 Å². The van der Waals surface area contributed by atoms with Gasteiger partial charge in [0, 0.05) is 37.4 Å². The number of pyridine rings is 1. The fraction of sp³-hybridized carbons (Fsp3) is 0.536. The van der Waals surface area contributed by atoms with Gasteiger partial charge in [-0.15, -0.1) is 0 Å². The summed E-state index contributed by atoms with van der Waals surface area (Å²) < 4.78 is 14.3. The first-order chi connectivity index (χ1) is 17.7. The number of benzene rings is 1. The number of carbonyl (C=O) groups excluding carboxylic acids is 2. The fourth-order valence-corrected chi connectivity index (χ4v) is 7.59. The van der Waals surface area contributed by atoms with E-state index in [1.165, 1.54) is 12.1 Å². The first-order valence-electron chi connectivity index (χ1n) is 13.3. The second-order valence-corrected chi connectivity index (χ2v) is 11.6. The predicted molar refractivity (Wildman–Crippen MR) is 138 cm³/mol. The molecular formula is C28H34FN5O3. The SMILES string of the molecule is C[C@@H]1CN(c2ccc(C(N)=O)c(F)c2)CCN1c1cccc(C(=O)N[C@H]2C3CC4CC2C[C@](O)(C4)C3)n1. The van der Waals surface area contributed by atoms with Crippen LogP contribution in [0.15, 0.2) is 36.4 Å². The highest BCUT2D eigenvalue weighted by Crippen LogP contribution is 2.55. The maximum atomic E-state index is 14.3. The Hall–Kier alpha value is -3.20. The lowest BCUT2D eigenvalue weighted by Crippen LogP contribution is -2.61. The molecule has 0 spiro atoms. The number of hydrogen-bond acceptors (Lipinski definition) is 6. The van der Waals surface area contributed by atoms with Crippen LogP contribution in [0.4, 0.5) is 15.9 Å². The van der Waals surface area contributed by atoms with Gasteiger partial charge in [0.15, 0.2) is 0 Å². The molecule has 7 rings (SSSR count). The third kappa shape index (κ3) is 4.43. The molecule has 196 valence electrons. The molecule has 5 fully saturated rings. The zero-order valence-corrected chi connectivity index (χ0v) is 21.1. The molecule has 4 N–H and O–H groups in total. The first-order valence-corrected chi connectivity index (χ1v) is 13.3. The Kier molecular flexibility index (Phi) is 5.86. The second-order valence-electron chi connectivity index (χ2n) is 11.6. The van der Waals surface area contributed by atoms with E-state index in [1.807, 2.05) is 12.1 Å². The lowest BCUT2D eigenvalue weighted by atomic mass is 9.52. The molecule has 3 atom stereocenters. The van der Waals surface area contributed by atoms with Crippen molar-refractivity contribution in [3.05, 3.63) is 53.5 Å². The third-order valence-electron chi connectivity index (χ3n) is 9.01. The Morgan fingerprint density at radius 3 is 2.54 bits per heavy atom. The van der Waals surface area contributed by atoms with Crippen molar-refractivity contribution in [2.45, 2.75) is 56.7 Å². The van der Waals surface area contributed by atoms with Crippen molar-refractivity contribution in [2.75, 3.05) is 29.4 Å². The van der Waals surface area contributed by atoms with Crippen LogP contribution < -0.4 is 20.9 Å². The van der Waals surface area contributed by atoms with Crippen LogP contribution >= 0.6 is 0 Å². The van der Waals surface area contributed by atoms with Crippen molar-refractivity contribution in [3.63, 3.8) is 0 Å². The highest BCUT2D eigenvalue weighted by atomic mass is 19.1. The van der Waals surface area contributed by atoms with Gasteiger partial charge in [0.2, 0.25) is 0 Å². The van der Waals surface area contributed by atoms with Crippen LogP contribution in [0.5, 0.6) is 0 Å². The average molecular weight is 508 g/mol. The van der Waals surface area contributed by atoms with E-state index in [2.05, 4.69) is 22.0 Å². The minimum Gasteiger partial charge on any atom is -0.390 e. The molecule has 2 amide bonds. The van der Waals surface area contributed by atoms with E-state index in [1.54, 1.807) is 12.1 Å². The van der Waals surface area contributed by atoms with Gasteiger partial charge in [-0.3, -0.25) is 9.59 Å². The van der Waals surface area contributed by atoms with Gasteiger partial charge in [-0.1, -0.05) is 6.07 Å². The number of nitrogens with one attached hydrogen (secondary N) is 1. The minimum atomic E-state index is -0.780. The van der Waals surface area contributed by atoms with E-state index >= 15 is 0 Å². The summed E-state index contributed by atoms with van der Waals surface area (Å²) in [6.07, 6.45) is 4.68. The topological polar surface area (TPSA) is 112 Å². The fourth-order valence-electron chi connectivity index (χ4n) is 7.59. The zero-order valence-electron chi connectivity index (χ0n) is 21.1. The summed E-state index contributed by atoms with van der Waals surface area (Å²) in [7, 11) is 0. The molecule has 8 nitrogen and oxygen atoms in total. The Balaban J connectivity index is 1.12. The molecule has 1 aromatic heterocycles. The lowest BCUT2D eigenvalue weighted by molar-refractivity contribution is -0.136. The molecule has 2 unspecified atom stereocenters. The van der Waals surface area contributed by atoms with E-state index in [0.29, 0.717) is 48.8 Å². The van der Waals surface area contributed by atoms with Crippen LogP contribution in [0.3, 0.4) is 0 Å². The van der Waals surface area contributed by atoms with Gasteiger partial charge in [-0.2, -0.15) is 0 Å². The highest BCUT2D eigenvalue weighted by molar-refractivity contribution is 5.93. The average Bonchev–Trinajstić information content (AvgIpc) is 2.85. The number of nitrogens with zero attached hydrogens (tertiary/aromatic N) is 3. The quantitative estimate of drug-likeness (QED) is 0.574. The number of anilines is 2. The number of rotatable bonds is 5. The highest BCUT2D eigenvalue weighted by Gasteiger charge is 2.55. The van der Waals surface area contributed by atoms with Crippen molar-refractivity contribution in [2.24, 2.45) is 23.5 Å². The standard InChI is InChI=1S/C28H34FN5O3/c1-16-15-33(20-5-6-21(26(30)35)22(29)11-20)7-8-34(16)24-4-2-3-23(31-24)27(36)32-25-18-9-17-10-19(25)14-28(37,12-17)13-18/h2-6,11,16-19,25,37H,7-10,12-15H2,1H3,(H2,30,35)(H,32,36)/t16-,17?,18?,19?,25-,28-/m1/s1. The molecule has 1 aromatic carbocycles. The molecule has 1 saturated heterocycles. The van der Waals surface area contributed by atoms with E-state index in [9.17, 15) is 19.1 Å². The summed E-state index contributed by atoms with van der Waals surface area (Å²) >= 11 is 0. The van der Waals surface area contributed by atoms with Crippen LogP contribution in [0.25, 0.3) is 0 Å². The van der Waals surface area contributed by atoms with Gasteiger partial charge in [0.25, 0.3) is 11.8 Å². The molecule has 2 aromatic rings. The number of piperazine rings is 1. The Labute approximate surface area is 216 Å². The second kappa shape index (κ2) is 8.97. The number of halogens is 1. The van der Waals surface area contributed by atoms with Crippen LogP contribution in [-0.2, 0) is 0 Å². The molecule has 37 heavy (non-hydrogen) atoms. The smallest absolute Gasteiger partial charge is 0.270 e. The molecule has 4 aliphatic carbocycles. The maximum Gasteiger partial charge on any atom is 0.270 e. The van der Waals surface area contributed by atoms with Crippen molar-refractivity contribution >= 4 is 23.3 Å².